The number of nitrogens with zero attached hydrogens (tertiary/aromatic N) is 2. The van der Waals surface area contributed by atoms with Gasteiger partial charge in [-0.25, -0.2) is 13.4 Å². The number of nitrogens with one attached hydrogen (secondary N) is 1. The second-order valence-electron chi connectivity index (χ2n) is 3.90. The van der Waals surface area contributed by atoms with E-state index in [2.05, 4.69) is 21.6 Å². The fourth-order valence-corrected chi connectivity index (χ4v) is 3.06. The van der Waals surface area contributed by atoms with Crippen LogP contribution in [-0.2, 0) is 16.3 Å². The van der Waals surface area contributed by atoms with Gasteiger partial charge in [0.2, 0.25) is 5.13 Å². The predicted molar refractivity (Wildman–Crippen MR) is 66.7 cm³/mol. The van der Waals surface area contributed by atoms with Crippen LogP contribution in [-0.4, -0.2) is 35.8 Å². The Morgan fingerprint density at radius 2 is 2.19 bits per heavy atom. The molecule has 92 valence electrons. The van der Waals surface area contributed by atoms with Crippen LogP contribution < -0.4 is 5.32 Å². The first-order valence-electron chi connectivity index (χ1n) is 5.17. The number of hydrogen-bond donors (Lipinski definition) is 1. The van der Waals surface area contributed by atoms with Crippen LogP contribution in [0.4, 0.5) is 5.13 Å². The number of aromatic nitrogens is 2. The average Bonchev–Trinajstić information content (AvgIpc) is 2.49. The quantitative estimate of drug-likeness (QED) is 0.838. The second-order valence-corrected chi connectivity index (χ2v) is 6.84. The van der Waals surface area contributed by atoms with Crippen molar-refractivity contribution in [3.8, 4) is 0 Å². The molecule has 0 saturated heterocycles. The van der Waals surface area contributed by atoms with Crippen molar-refractivity contribution in [2.24, 2.45) is 0 Å². The van der Waals surface area contributed by atoms with Crippen molar-refractivity contribution >= 4 is 26.5 Å². The molecule has 1 rings (SSSR count). The molecule has 0 fully saturated rings. The summed E-state index contributed by atoms with van der Waals surface area (Å²) in [5.74, 6) is 0.928. The molecule has 1 atom stereocenters. The fraction of sp³-hybridized carbons (Fsp3) is 0.778. The Balaban J connectivity index is 2.52. The van der Waals surface area contributed by atoms with Gasteiger partial charge in [0.15, 0.2) is 0 Å². The lowest BCUT2D eigenvalue weighted by Gasteiger charge is -2.10. The second kappa shape index (κ2) is 5.58. The fourth-order valence-electron chi connectivity index (χ4n) is 1.34. The van der Waals surface area contributed by atoms with Crippen molar-refractivity contribution in [2.75, 3.05) is 17.3 Å². The molecule has 5 nitrogen and oxygen atoms in total. The Hall–Kier alpha value is -0.690. The summed E-state index contributed by atoms with van der Waals surface area (Å²) in [7, 11) is -2.95. The summed E-state index contributed by atoms with van der Waals surface area (Å²) < 4.78 is 26.3. The van der Waals surface area contributed by atoms with E-state index in [9.17, 15) is 8.42 Å². The van der Waals surface area contributed by atoms with Gasteiger partial charge in [-0.15, -0.1) is 0 Å². The zero-order valence-electron chi connectivity index (χ0n) is 9.73. The van der Waals surface area contributed by atoms with E-state index in [4.69, 9.17) is 0 Å². The minimum absolute atomic E-state index is 0.107. The SMILES string of the molecule is CCCc1nsc(NC(C)CS(C)(=O)=O)n1. The van der Waals surface area contributed by atoms with Gasteiger partial charge in [-0.05, 0) is 13.3 Å². The van der Waals surface area contributed by atoms with Crippen LogP contribution in [0.5, 0.6) is 0 Å². The van der Waals surface area contributed by atoms with Gasteiger partial charge in [0, 0.05) is 30.3 Å². The molecule has 0 aliphatic carbocycles. The smallest absolute Gasteiger partial charge is 0.202 e. The van der Waals surface area contributed by atoms with Gasteiger partial charge in [0.05, 0.1) is 5.75 Å². The van der Waals surface area contributed by atoms with Crippen LogP contribution in [0.15, 0.2) is 0 Å². The summed E-state index contributed by atoms with van der Waals surface area (Å²) in [4.78, 5) is 4.27. The van der Waals surface area contributed by atoms with Crippen molar-refractivity contribution in [2.45, 2.75) is 32.7 Å². The zero-order valence-corrected chi connectivity index (χ0v) is 11.4. The molecule has 16 heavy (non-hydrogen) atoms. The highest BCUT2D eigenvalue weighted by Gasteiger charge is 2.12. The largest absolute Gasteiger partial charge is 0.357 e. The number of sulfone groups is 1. The molecule has 0 radical (unpaired) electrons. The van der Waals surface area contributed by atoms with Gasteiger partial charge in [0.1, 0.15) is 15.7 Å². The van der Waals surface area contributed by atoms with Crippen LogP contribution in [0.25, 0.3) is 0 Å². The highest BCUT2D eigenvalue weighted by Crippen LogP contribution is 2.13. The van der Waals surface area contributed by atoms with Crippen molar-refractivity contribution in [1.29, 1.82) is 0 Å². The van der Waals surface area contributed by atoms with E-state index in [1.165, 1.54) is 17.8 Å². The Bertz CT molecular complexity index is 428. The number of aryl methyl sites for hydroxylation is 1. The van der Waals surface area contributed by atoms with Gasteiger partial charge < -0.3 is 5.32 Å². The minimum atomic E-state index is -2.95. The molecule has 0 spiro atoms. The summed E-state index contributed by atoms with van der Waals surface area (Å²) in [6, 6.07) is -0.141. The summed E-state index contributed by atoms with van der Waals surface area (Å²) >= 11 is 1.28. The Morgan fingerprint density at radius 1 is 1.50 bits per heavy atom. The minimum Gasteiger partial charge on any atom is -0.357 e. The third kappa shape index (κ3) is 4.89. The standard InChI is InChI=1S/C9H17N3O2S2/c1-4-5-8-11-9(15-12-8)10-7(2)6-16(3,13)14/h7H,4-6H2,1-3H3,(H,10,11,12). The molecule has 1 heterocycles. The van der Waals surface area contributed by atoms with Crippen molar-refractivity contribution in [3.05, 3.63) is 5.82 Å². The van der Waals surface area contributed by atoms with Gasteiger partial charge >= 0.3 is 0 Å². The maximum Gasteiger partial charge on any atom is 0.202 e. The lowest BCUT2D eigenvalue weighted by molar-refractivity contribution is 0.598. The topological polar surface area (TPSA) is 72.0 Å². The molecular formula is C9H17N3O2S2. The van der Waals surface area contributed by atoms with Crippen molar-refractivity contribution in [1.82, 2.24) is 9.36 Å². The van der Waals surface area contributed by atoms with Crippen LogP contribution in [0.1, 0.15) is 26.1 Å². The lowest BCUT2D eigenvalue weighted by atomic mass is 10.3. The lowest BCUT2D eigenvalue weighted by Crippen LogP contribution is -2.24. The summed E-state index contributed by atoms with van der Waals surface area (Å²) in [6.07, 6.45) is 3.10. The van der Waals surface area contributed by atoms with E-state index in [0.717, 1.165) is 18.7 Å². The van der Waals surface area contributed by atoms with Crippen molar-refractivity contribution < 1.29 is 8.42 Å². The van der Waals surface area contributed by atoms with Gasteiger partial charge in [-0.1, -0.05) is 6.92 Å². The first-order chi connectivity index (χ1) is 7.40. The van der Waals surface area contributed by atoms with E-state index >= 15 is 0 Å². The van der Waals surface area contributed by atoms with Gasteiger partial charge in [0.25, 0.3) is 0 Å². The predicted octanol–water partition coefficient (Wildman–Crippen LogP) is 1.34. The highest BCUT2D eigenvalue weighted by atomic mass is 32.2. The van der Waals surface area contributed by atoms with Crippen LogP contribution in [0.3, 0.4) is 0 Å². The Labute approximate surface area is 100 Å². The van der Waals surface area contributed by atoms with Crippen LogP contribution in [0.2, 0.25) is 0 Å². The number of rotatable bonds is 6. The third-order valence-corrected chi connectivity index (χ3v) is 3.65. The first-order valence-corrected chi connectivity index (χ1v) is 8.01. The molecule has 1 N–H and O–H groups in total. The first kappa shape index (κ1) is 13.4. The molecule has 0 aliphatic rings. The molecule has 1 unspecified atom stereocenters. The highest BCUT2D eigenvalue weighted by molar-refractivity contribution is 7.90. The normalized spacial score (nSPS) is 13.7. The van der Waals surface area contributed by atoms with E-state index in [1.54, 1.807) is 0 Å². The molecule has 0 amide bonds. The Morgan fingerprint density at radius 3 is 2.75 bits per heavy atom. The van der Waals surface area contributed by atoms with E-state index < -0.39 is 9.84 Å². The molecule has 1 aromatic heterocycles. The molecule has 1 aromatic rings. The summed E-state index contributed by atoms with van der Waals surface area (Å²) in [5, 5.41) is 3.74. The number of anilines is 1. The van der Waals surface area contributed by atoms with E-state index in [1.807, 2.05) is 6.92 Å². The third-order valence-electron chi connectivity index (χ3n) is 1.86. The maximum absolute atomic E-state index is 11.1. The molecule has 0 aromatic carbocycles. The van der Waals surface area contributed by atoms with E-state index in [-0.39, 0.29) is 11.8 Å². The monoisotopic (exact) mass is 263 g/mol. The van der Waals surface area contributed by atoms with Gasteiger partial charge in [-0.3, -0.25) is 0 Å². The van der Waals surface area contributed by atoms with Gasteiger partial charge in [-0.2, -0.15) is 4.37 Å². The van der Waals surface area contributed by atoms with Crippen molar-refractivity contribution in [3.63, 3.8) is 0 Å². The molecular weight excluding hydrogens is 246 g/mol. The molecule has 0 aliphatic heterocycles. The van der Waals surface area contributed by atoms with Crippen LogP contribution in [0, 0.1) is 0 Å². The zero-order chi connectivity index (χ0) is 12.2. The molecule has 7 heteroatoms. The molecule has 0 bridgehead atoms. The Kier molecular flexibility index (Phi) is 4.67. The summed E-state index contributed by atoms with van der Waals surface area (Å²) in [5.41, 5.74) is 0. The number of hydrogen-bond acceptors (Lipinski definition) is 6. The average molecular weight is 263 g/mol. The molecule has 0 saturated carbocycles. The van der Waals surface area contributed by atoms with Crippen LogP contribution >= 0.6 is 11.5 Å². The summed E-state index contributed by atoms with van der Waals surface area (Å²) in [6.45, 7) is 3.89. The maximum atomic E-state index is 11.1. The van der Waals surface area contributed by atoms with E-state index in [0.29, 0.717) is 5.13 Å².